The molecule has 1 aliphatic rings. The molecule has 1 fully saturated rings. The fourth-order valence-corrected chi connectivity index (χ4v) is 2.13. The van der Waals surface area contributed by atoms with Crippen LogP contribution in [0.15, 0.2) is 18.2 Å². The van der Waals surface area contributed by atoms with E-state index < -0.39 is 5.82 Å². The van der Waals surface area contributed by atoms with E-state index in [2.05, 4.69) is 0 Å². The quantitative estimate of drug-likeness (QED) is 0.815. The molecule has 1 N–H and O–H groups in total. The van der Waals surface area contributed by atoms with Gasteiger partial charge in [-0.25, -0.2) is 4.39 Å². The predicted octanol–water partition coefficient (Wildman–Crippen LogP) is 2.55. The zero-order chi connectivity index (χ0) is 12.3. The van der Waals surface area contributed by atoms with Gasteiger partial charge in [0, 0.05) is 19.2 Å². The highest BCUT2D eigenvalue weighted by Gasteiger charge is 2.20. The van der Waals surface area contributed by atoms with Crippen molar-refractivity contribution in [2.45, 2.75) is 25.7 Å². The first-order valence-corrected chi connectivity index (χ1v) is 5.96. The average Bonchev–Trinajstić information content (AvgIpc) is 2.56. The van der Waals surface area contributed by atoms with E-state index >= 15 is 0 Å². The Morgan fingerprint density at radius 1 is 1.18 bits per heavy atom. The van der Waals surface area contributed by atoms with E-state index in [1.165, 1.54) is 12.1 Å². The van der Waals surface area contributed by atoms with Crippen LogP contribution in [-0.2, 0) is 0 Å². The number of rotatable bonds is 1. The van der Waals surface area contributed by atoms with Gasteiger partial charge in [0.25, 0.3) is 5.91 Å². The maximum absolute atomic E-state index is 12.8. The largest absolute Gasteiger partial charge is 0.507 e. The number of amides is 1. The van der Waals surface area contributed by atoms with Crippen molar-refractivity contribution in [1.82, 2.24) is 4.90 Å². The van der Waals surface area contributed by atoms with Crippen molar-refractivity contribution in [2.75, 3.05) is 13.1 Å². The van der Waals surface area contributed by atoms with Gasteiger partial charge in [0.2, 0.25) is 0 Å². The molecule has 3 nitrogen and oxygen atoms in total. The Bertz CT molecular complexity index is 412. The third-order valence-electron chi connectivity index (χ3n) is 3.08. The molecule has 0 unspecified atom stereocenters. The molecular weight excluding hydrogens is 221 g/mol. The average molecular weight is 237 g/mol. The van der Waals surface area contributed by atoms with Gasteiger partial charge in [0.05, 0.1) is 5.56 Å². The third-order valence-corrected chi connectivity index (χ3v) is 3.08. The highest BCUT2D eigenvalue weighted by atomic mass is 19.1. The molecule has 92 valence electrons. The molecule has 1 heterocycles. The van der Waals surface area contributed by atoms with Gasteiger partial charge >= 0.3 is 0 Å². The molecule has 17 heavy (non-hydrogen) atoms. The lowest BCUT2D eigenvalue weighted by Crippen LogP contribution is -2.31. The van der Waals surface area contributed by atoms with Crippen molar-refractivity contribution in [1.29, 1.82) is 0 Å². The molecular formula is C13H16FNO2. The maximum atomic E-state index is 12.8. The van der Waals surface area contributed by atoms with E-state index in [0.29, 0.717) is 0 Å². The van der Waals surface area contributed by atoms with Crippen LogP contribution in [-0.4, -0.2) is 29.0 Å². The van der Waals surface area contributed by atoms with E-state index in [-0.39, 0.29) is 17.2 Å². The minimum absolute atomic E-state index is 0.188. The first-order valence-electron chi connectivity index (χ1n) is 5.96. The number of hydrogen-bond donors (Lipinski definition) is 1. The number of aromatic hydroxyl groups is 1. The molecule has 0 aromatic heterocycles. The molecule has 0 aliphatic carbocycles. The Balaban J connectivity index is 2.17. The van der Waals surface area contributed by atoms with E-state index in [0.717, 1.165) is 44.8 Å². The first-order chi connectivity index (χ1) is 8.18. The van der Waals surface area contributed by atoms with Crippen molar-refractivity contribution in [3.8, 4) is 5.75 Å². The summed E-state index contributed by atoms with van der Waals surface area (Å²) in [7, 11) is 0. The summed E-state index contributed by atoms with van der Waals surface area (Å²) < 4.78 is 12.8. The second kappa shape index (κ2) is 5.17. The van der Waals surface area contributed by atoms with Crippen LogP contribution in [0.2, 0.25) is 0 Å². The first kappa shape index (κ1) is 11.9. The number of halogens is 1. The van der Waals surface area contributed by atoms with Crippen LogP contribution in [0.5, 0.6) is 5.75 Å². The standard InChI is InChI=1S/C13H16FNO2/c14-10-5-6-11(12(16)9-10)13(17)15-7-3-1-2-4-8-15/h5-6,9,16H,1-4,7-8H2. The van der Waals surface area contributed by atoms with Crippen LogP contribution in [0.4, 0.5) is 4.39 Å². The van der Waals surface area contributed by atoms with Gasteiger partial charge in [0.1, 0.15) is 11.6 Å². The van der Waals surface area contributed by atoms with E-state index in [1.807, 2.05) is 0 Å². The summed E-state index contributed by atoms with van der Waals surface area (Å²) in [5.74, 6) is -1.02. The Hall–Kier alpha value is -1.58. The van der Waals surface area contributed by atoms with Crippen LogP contribution >= 0.6 is 0 Å². The van der Waals surface area contributed by atoms with Gasteiger partial charge in [-0.1, -0.05) is 12.8 Å². The Morgan fingerprint density at radius 3 is 2.41 bits per heavy atom. The molecule has 0 bridgehead atoms. The van der Waals surface area contributed by atoms with E-state index in [4.69, 9.17) is 0 Å². The minimum atomic E-state index is -0.532. The smallest absolute Gasteiger partial charge is 0.257 e. The molecule has 1 amide bonds. The minimum Gasteiger partial charge on any atom is -0.507 e. The summed E-state index contributed by atoms with van der Waals surface area (Å²) in [6.07, 6.45) is 4.26. The van der Waals surface area contributed by atoms with Gasteiger partial charge in [-0.05, 0) is 25.0 Å². The van der Waals surface area contributed by atoms with Crippen molar-refractivity contribution in [2.24, 2.45) is 0 Å². The van der Waals surface area contributed by atoms with Crippen LogP contribution < -0.4 is 0 Å². The zero-order valence-corrected chi connectivity index (χ0v) is 9.66. The van der Waals surface area contributed by atoms with E-state index in [9.17, 15) is 14.3 Å². The summed E-state index contributed by atoms with van der Waals surface area (Å²) in [6.45, 7) is 1.44. The van der Waals surface area contributed by atoms with Crippen molar-refractivity contribution in [3.63, 3.8) is 0 Å². The highest BCUT2D eigenvalue weighted by molar-refractivity contribution is 5.96. The fraction of sp³-hybridized carbons (Fsp3) is 0.462. The topological polar surface area (TPSA) is 40.5 Å². The molecule has 1 saturated heterocycles. The molecule has 4 heteroatoms. The number of hydrogen-bond acceptors (Lipinski definition) is 2. The van der Waals surface area contributed by atoms with Gasteiger partial charge in [-0.3, -0.25) is 4.79 Å². The van der Waals surface area contributed by atoms with Crippen LogP contribution in [0.1, 0.15) is 36.0 Å². The molecule has 1 aromatic carbocycles. The number of nitrogens with zero attached hydrogens (tertiary/aromatic N) is 1. The molecule has 1 aliphatic heterocycles. The van der Waals surface area contributed by atoms with Crippen molar-refractivity contribution >= 4 is 5.91 Å². The molecule has 0 spiro atoms. The summed E-state index contributed by atoms with van der Waals surface area (Å²) in [6, 6.07) is 3.52. The molecule has 0 saturated carbocycles. The fourth-order valence-electron chi connectivity index (χ4n) is 2.13. The lowest BCUT2D eigenvalue weighted by Gasteiger charge is -2.20. The summed E-state index contributed by atoms with van der Waals surface area (Å²) in [5, 5.41) is 9.58. The van der Waals surface area contributed by atoms with Crippen LogP contribution in [0, 0.1) is 5.82 Å². The number of carbonyl (C=O) groups excluding carboxylic acids is 1. The normalized spacial score (nSPS) is 16.6. The summed E-state index contributed by atoms with van der Waals surface area (Å²) >= 11 is 0. The summed E-state index contributed by atoms with van der Waals surface area (Å²) in [4.78, 5) is 13.9. The third kappa shape index (κ3) is 2.75. The Kier molecular flexibility index (Phi) is 3.61. The van der Waals surface area contributed by atoms with Gasteiger partial charge < -0.3 is 10.0 Å². The molecule has 0 atom stereocenters. The number of carbonyl (C=O) groups is 1. The van der Waals surface area contributed by atoms with Crippen molar-refractivity contribution < 1.29 is 14.3 Å². The van der Waals surface area contributed by atoms with E-state index in [1.54, 1.807) is 4.90 Å². The molecule has 0 radical (unpaired) electrons. The van der Waals surface area contributed by atoms with Crippen LogP contribution in [0.25, 0.3) is 0 Å². The Morgan fingerprint density at radius 2 is 1.82 bits per heavy atom. The van der Waals surface area contributed by atoms with Gasteiger partial charge in [-0.15, -0.1) is 0 Å². The number of benzene rings is 1. The van der Waals surface area contributed by atoms with Gasteiger partial charge in [0.15, 0.2) is 0 Å². The van der Waals surface area contributed by atoms with Gasteiger partial charge in [-0.2, -0.15) is 0 Å². The zero-order valence-electron chi connectivity index (χ0n) is 9.66. The van der Waals surface area contributed by atoms with Crippen LogP contribution in [0.3, 0.4) is 0 Å². The molecule has 2 rings (SSSR count). The SMILES string of the molecule is O=C(c1ccc(F)cc1O)N1CCCCCC1. The highest BCUT2D eigenvalue weighted by Crippen LogP contribution is 2.21. The second-order valence-electron chi connectivity index (χ2n) is 4.37. The summed E-state index contributed by atoms with van der Waals surface area (Å²) in [5.41, 5.74) is 0.188. The lowest BCUT2D eigenvalue weighted by atomic mass is 10.1. The Labute approximate surface area is 99.9 Å². The monoisotopic (exact) mass is 237 g/mol. The number of phenols is 1. The number of likely N-dealkylation sites (tertiary alicyclic amines) is 1. The molecule has 1 aromatic rings. The lowest BCUT2D eigenvalue weighted by molar-refractivity contribution is 0.0758. The van der Waals surface area contributed by atoms with Crippen molar-refractivity contribution in [3.05, 3.63) is 29.6 Å². The predicted molar refractivity (Wildman–Crippen MR) is 62.4 cm³/mol. The number of phenolic OH excluding ortho intramolecular Hbond substituents is 1. The maximum Gasteiger partial charge on any atom is 0.257 e. The second-order valence-corrected chi connectivity index (χ2v) is 4.37.